The number of carbonyl (C=O) groups excluding carboxylic acids is 3. The van der Waals surface area contributed by atoms with Gasteiger partial charge in [-0.15, -0.1) is 0 Å². The van der Waals surface area contributed by atoms with Crippen LogP contribution in [-0.2, 0) is 35.0 Å². The number of rotatable bonds is 10. The number of amides is 3. The third kappa shape index (κ3) is 5.39. The number of ether oxygens (including phenoxy) is 3. The third-order valence-corrected chi connectivity index (χ3v) is 5.98. The van der Waals surface area contributed by atoms with Gasteiger partial charge in [-0.25, -0.2) is 4.39 Å². The molecule has 11 nitrogen and oxygen atoms in total. The molecular formula is C25H27FN4O7. The Kier molecular flexibility index (Phi) is 7.99. The number of aliphatic hydroxyl groups excluding tert-OH is 1. The molecular weight excluding hydrogens is 487 g/mol. The van der Waals surface area contributed by atoms with Crippen LogP contribution in [0.3, 0.4) is 0 Å². The smallest absolute Gasteiger partial charge is 0.288 e. The highest BCUT2D eigenvalue weighted by Gasteiger charge is 2.50. The second kappa shape index (κ2) is 11.4. The molecule has 0 bridgehead atoms. The van der Waals surface area contributed by atoms with Crippen LogP contribution >= 0.6 is 0 Å². The van der Waals surface area contributed by atoms with Crippen LogP contribution in [0.25, 0.3) is 0 Å². The van der Waals surface area contributed by atoms with Crippen LogP contribution in [0.15, 0.2) is 63.9 Å². The van der Waals surface area contributed by atoms with Gasteiger partial charge in [-0.1, -0.05) is 12.1 Å². The Hall–Kier alpha value is -4.03. The summed E-state index contributed by atoms with van der Waals surface area (Å²) in [6, 6.07) is 3.90. The second-order valence-electron chi connectivity index (χ2n) is 8.43. The molecule has 3 N–H and O–H groups in total. The summed E-state index contributed by atoms with van der Waals surface area (Å²) in [5, 5.41) is 16.1. The number of halogens is 1. The molecule has 0 aromatic heterocycles. The van der Waals surface area contributed by atoms with Crippen molar-refractivity contribution in [2.75, 3.05) is 40.5 Å². The standard InChI is InChI=1S/C25H27FN4O7/c1-35-9-7-27-23(32)17-13-30-20-19(21(31)18(25(30)34)24(33)28-8-10-36-2)29-12-15(22(20)37-17)11-14-3-5-16(26)6-4-14/h3-6,12-13,19-20,31H,7-11H2,1-2H3,(H,27,32)(H,28,33). The van der Waals surface area contributed by atoms with Crippen LogP contribution in [0.2, 0.25) is 0 Å². The molecule has 0 saturated heterocycles. The van der Waals surface area contributed by atoms with Crippen molar-refractivity contribution in [2.24, 2.45) is 4.99 Å². The van der Waals surface area contributed by atoms with E-state index in [-0.39, 0.29) is 50.1 Å². The molecule has 4 rings (SSSR count). The average molecular weight is 515 g/mol. The van der Waals surface area contributed by atoms with Gasteiger partial charge in [0.15, 0.2) is 0 Å². The maximum Gasteiger partial charge on any atom is 0.288 e. The monoisotopic (exact) mass is 514 g/mol. The minimum atomic E-state index is -1.03. The van der Waals surface area contributed by atoms with Gasteiger partial charge in [-0.3, -0.25) is 24.3 Å². The highest BCUT2D eigenvalue weighted by atomic mass is 19.1. The van der Waals surface area contributed by atoms with Crippen molar-refractivity contribution in [3.8, 4) is 0 Å². The van der Waals surface area contributed by atoms with E-state index in [9.17, 15) is 23.9 Å². The Morgan fingerprint density at radius 2 is 1.76 bits per heavy atom. The van der Waals surface area contributed by atoms with Gasteiger partial charge in [0.25, 0.3) is 17.7 Å². The second-order valence-corrected chi connectivity index (χ2v) is 8.43. The maximum atomic E-state index is 13.5. The minimum Gasteiger partial charge on any atom is -0.509 e. The van der Waals surface area contributed by atoms with Gasteiger partial charge in [0.1, 0.15) is 35.0 Å². The first-order valence-electron chi connectivity index (χ1n) is 11.6. The molecule has 0 saturated carbocycles. The fraction of sp³-hybridized carbons (Fsp3) is 0.360. The SMILES string of the molecule is COCCNC(=O)C1=CN2C(=O)C(C(=O)NCCOC)=C(O)C3N=CC(Cc4ccc(F)cc4)=C(O1)C32. The molecule has 0 fully saturated rings. The first kappa shape index (κ1) is 26.0. The zero-order valence-electron chi connectivity index (χ0n) is 20.3. The normalized spacial score (nSPS) is 20.4. The lowest BCUT2D eigenvalue weighted by molar-refractivity contribution is -0.133. The summed E-state index contributed by atoms with van der Waals surface area (Å²) in [4.78, 5) is 44.7. The van der Waals surface area contributed by atoms with Crippen molar-refractivity contribution >= 4 is 23.9 Å². The van der Waals surface area contributed by atoms with E-state index in [0.717, 1.165) is 5.56 Å². The number of aliphatic hydroxyl groups is 1. The number of carbonyl (C=O) groups is 3. The summed E-state index contributed by atoms with van der Waals surface area (Å²) >= 11 is 0. The van der Waals surface area contributed by atoms with E-state index < -0.39 is 41.1 Å². The number of nitrogens with zero attached hydrogens (tertiary/aromatic N) is 2. The first-order valence-corrected chi connectivity index (χ1v) is 11.6. The summed E-state index contributed by atoms with van der Waals surface area (Å²) in [6.45, 7) is 0.795. The van der Waals surface area contributed by atoms with Crippen molar-refractivity contribution in [2.45, 2.75) is 18.5 Å². The summed E-state index contributed by atoms with van der Waals surface area (Å²) in [5.74, 6) is -3.04. The number of hydrogen-bond donors (Lipinski definition) is 3. The van der Waals surface area contributed by atoms with Crippen molar-refractivity contribution in [3.63, 3.8) is 0 Å². The van der Waals surface area contributed by atoms with E-state index in [1.54, 1.807) is 12.1 Å². The largest absolute Gasteiger partial charge is 0.509 e. The summed E-state index contributed by atoms with van der Waals surface area (Å²) in [5.41, 5.74) is 0.791. The Balaban J connectivity index is 1.73. The molecule has 196 valence electrons. The number of dihydropyridines is 1. The van der Waals surface area contributed by atoms with E-state index in [1.165, 1.54) is 43.7 Å². The molecule has 12 heteroatoms. The van der Waals surface area contributed by atoms with Crippen molar-refractivity contribution in [3.05, 3.63) is 70.3 Å². The highest BCUT2D eigenvalue weighted by molar-refractivity contribution is 6.20. The van der Waals surface area contributed by atoms with Gasteiger partial charge in [-0.2, -0.15) is 0 Å². The Labute approximate surface area is 212 Å². The predicted octanol–water partition coefficient (Wildman–Crippen LogP) is 0.495. The van der Waals surface area contributed by atoms with Crippen molar-refractivity contribution < 1.29 is 38.1 Å². The van der Waals surface area contributed by atoms with E-state index >= 15 is 0 Å². The predicted molar refractivity (Wildman–Crippen MR) is 129 cm³/mol. The summed E-state index contributed by atoms with van der Waals surface area (Å²) in [6.07, 6.45) is 2.94. The molecule has 0 radical (unpaired) electrons. The number of aliphatic imine (C=N–C) groups is 1. The maximum absolute atomic E-state index is 13.5. The third-order valence-electron chi connectivity index (χ3n) is 5.98. The molecule has 37 heavy (non-hydrogen) atoms. The van der Waals surface area contributed by atoms with E-state index in [0.29, 0.717) is 5.57 Å². The van der Waals surface area contributed by atoms with Gasteiger partial charge in [0.05, 0.1) is 19.4 Å². The Morgan fingerprint density at radius 3 is 2.41 bits per heavy atom. The van der Waals surface area contributed by atoms with Gasteiger partial charge < -0.3 is 30.0 Å². The molecule has 0 aliphatic carbocycles. The number of allylic oxidation sites excluding steroid dienone is 1. The molecule has 3 aliphatic heterocycles. The van der Waals surface area contributed by atoms with Crippen LogP contribution in [0.4, 0.5) is 4.39 Å². The number of methoxy groups -OCH3 is 2. The van der Waals surface area contributed by atoms with Crippen molar-refractivity contribution in [1.82, 2.24) is 15.5 Å². The number of benzene rings is 1. The Bertz CT molecular complexity index is 1210. The fourth-order valence-corrected chi connectivity index (χ4v) is 4.18. The average Bonchev–Trinajstić information content (AvgIpc) is 2.89. The summed E-state index contributed by atoms with van der Waals surface area (Å²) < 4.78 is 29.2. The lowest BCUT2D eigenvalue weighted by Crippen LogP contribution is -2.56. The number of nitrogens with one attached hydrogen (secondary N) is 2. The molecule has 0 spiro atoms. The molecule has 2 atom stereocenters. The zero-order chi connectivity index (χ0) is 26.5. The zero-order valence-corrected chi connectivity index (χ0v) is 20.3. The van der Waals surface area contributed by atoms with E-state index in [4.69, 9.17) is 14.2 Å². The Morgan fingerprint density at radius 1 is 1.11 bits per heavy atom. The fourth-order valence-electron chi connectivity index (χ4n) is 4.18. The molecule has 2 unspecified atom stereocenters. The quantitative estimate of drug-likeness (QED) is 0.305. The van der Waals surface area contributed by atoms with Crippen LogP contribution in [0.1, 0.15) is 5.56 Å². The van der Waals surface area contributed by atoms with Crippen LogP contribution in [0, 0.1) is 5.82 Å². The molecule has 1 aromatic carbocycles. The minimum absolute atomic E-state index is 0.121. The van der Waals surface area contributed by atoms with E-state index in [1.807, 2.05) is 0 Å². The van der Waals surface area contributed by atoms with E-state index in [2.05, 4.69) is 15.6 Å². The summed E-state index contributed by atoms with van der Waals surface area (Å²) in [7, 11) is 2.96. The number of hydrogen-bond acceptors (Lipinski definition) is 8. The van der Waals surface area contributed by atoms with Crippen LogP contribution in [-0.4, -0.2) is 86.5 Å². The molecule has 3 aliphatic rings. The van der Waals surface area contributed by atoms with Gasteiger partial charge in [0.2, 0.25) is 5.76 Å². The van der Waals surface area contributed by atoms with Crippen LogP contribution in [0.5, 0.6) is 0 Å². The van der Waals surface area contributed by atoms with Crippen molar-refractivity contribution in [1.29, 1.82) is 0 Å². The van der Waals surface area contributed by atoms with Gasteiger partial charge in [0, 0.05) is 45.5 Å². The lowest BCUT2D eigenvalue weighted by Gasteiger charge is -2.43. The molecule has 1 aromatic rings. The first-order chi connectivity index (χ1) is 17.8. The lowest BCUT2D eigenvalue weighted by atomic mass is 9.87. The molecule has 3 amide bonds. The molecule has 3 heterocycles. The highest BCUT2D eigenvalue weighted by Crippen LogP contribution is 2.39. The van der Waals surface area contributed by atoms with Gasteiger partial charge in [-0.05, 0) is 17.7 Å². The topological polar surface area (TPSA) is 139 Å². The van der Waals surface area contributed by atoms with Crippen LogP contribution < -0.4 is 10.6 Å². The van der Waals surface area contributed by atoms with Gasteiger partial charge >= 0.3 is 0 Å².